The standard InChI is InChI=1S/C27H26ClN3O/c1-18-12-13-21(19(2)14-18)15-27(32)30-29-16-24-20(3)31(26-11-7-5-9-23(24)26)17-22-8-4-6-10-25(22)28/h4-14,16H,15,17H2,1-3H3,(H,30,32)/b29-16+. The van der Waals surface area contributed by atoms with E-state index in [0.717, 1.165) is 43.9 Å². The summed E-state index contributed by atoms with van der Waals surface area (Å²) < 4.78 is 2.23. The highest BCUT2D eigenvalue weighted by molar-refractivity contribution is 6.31. The van der Waals surface area contributed by atoms with Gasteiger partial charge in [-0.1, -0.05) is 71.8 Å². The molecule has 0 spiro atoms. The van der Waals surface area contributed by atoms with Crippen LogP contribution in [0.15, 0.2) is 71.8 Å². The lowest BCUT2D eigenvalue weighted by atomic mass is 10.0. The summed E-state index contributed by atoms with van der Waals surface area (Å²) in [5, 5.41) is 6.11. The lowest BCUT2D eigenvalue weighted by Gasteiger charge is -2.10. The number of carbonyl (C=O) groups is 1. The van der Waals surface area contributed by atoms with Gasteiger partial charge >= 0.3 is 0 Å². The van der Waals surface area contributed by atoms with Gasteiger partial charge in [0.15, 0.2) is 0 Å². The van der Waals surface area contributed by atoms with Crippen LogP contribution in [0.5, 0.6) is 0 Å². The van der Waals surface area contributed by atoms with Gasteiger partial charge in [-0.15, -0.1) is 0 Å². The molecule has 4 rings (SSSR count). The molecule has 0 unspecified atom stereocenters. The zero-order chi connectivity index (χ0) is 22.7. The molecule has 32 heavy (non-hydrogen) atoms. The summed E-state index contributed by atoms with van der Waals surface area (Å²) in [6, 6.07) is 22.2. The zero-order valence-electron chi connectivity index (χ0n) is 18.5. The SMILES string of the molecule is Cc1ccc(CC(=O)N/N=C/c2c(C)n(Cc3ccccc3Cl)c3ccccc23)c(C)c1. The van der Waals surface area contributed by atoms with Crippen molar-refractivity contribution in [3.8, 4) is 0 Å². The number of benzene rings is 3. The molecule has 1 heterocycles. The molecule has 3 aromatic carbocycles. The second-order valence-corrected chi connectivity index (χ2v) is 8.50. The number of para-hydroxylation sites is 1. The Balaban J connectivity index is 1.56. The molecule has 0 aliphatic heterocycles. The Morgan fingerprint density at radius 2 is 1.75 bits per heavy atom. The molecule has 0 saturated heterocycles. The Morgan fingerprint density at radius 3 is 2.53 bits per heavy atom. The number of hydrogen-bond donors (Lipinski definition) is 1. The highest BCUT2D eigenvalue weighted by atomic mass is 35.5. The van der Waals surface area contributed by atoms with Crippen molar-refractivity contribution < 1.29 is 4.79 Å². The maximum absolute atomic E-state index is 12.4. The topological polar surface area (TPSA) is 46.4 Å². The summed E-state index contributed by atoms with van der Waals surface area (Å²) in [6.45, 7) is 6.80. The number of carbonyl (C=O) groups excluding carboxylic acids is 1. The second kappa shape index (κ2) is 9.41. The van der Waals surface area contributed by atoms with Gasteiger partial charge in [-0.25, -0.2) is 5.43 Å². The zero-order valence-corrected chi connectivity index (χ0v) is 19.3. The number of amides is 1. The van der Waals surface area contributed by atoms with Crippen molar-refractivity contribution in [2.45, 2.75) is 33.7 Å². The number of rotatable bonds is 6. The molecule has 1 aromatic heterocycles. The number of hydrazone groups is 1. The minimum Gasteiger partial charge on any atom is -0.340 e. The fraction of sp³-hybridized carbons (Fsp3) is 0.185. The molecular formula is C27H26ClN3O. The van der Waals surface area contributed by atoms with Crippen molar-refractivity contribution in [3.05, 3.63) is 105 Å². The largest absolute Gasteiger partial charge is 0.340 e. The van der Waals surface area contributed by atoms with Crippen LogP contribution in [0.1, 0.15) is 33.5 Å². The maximum atomic E-state index is 12.4. The summed E-state index contributed by atoms with van der Waals surface area (Å²) in [6.07, 6.45) is 2.04. The van der Waals surface area contributed by atoms with Crippen LogP contribution in [0.4, 0.5) is 0 Å². The molecule has 0 bridgehead atoms. The van der Waals surface area contributed by atoms with Crippen molar-refractivity contribution in [3.63, 3.8) is 0 Å². The molecule has 0 aliphatic carbocycles. The molecule has 1 amide bonds. The van der Waals surface area contributed by atoms with Gasteiger partial charge in [0.25, 0.3) is 0 Å². The van der Waals surface area contributed by atoms with Gasteiger partial charge < -0.3 is 4.57 Å². The lowest BCUT2D eigenvalue weighted by Crippen LogP contribution is -2.20. The highest BCUT2D eigenvalue weighted by Gasteiger charge is 2.14. The number of halogens is 1. The van der Waals surface area contributed by atoms with Crippen molar-refractivity contribution in [1.29, 1.82) is 0 Å². The number of fused-ring (bicyclic) bond motifs is 1. The molecule has 0 aliphatic rings. The van der Waals surface area contributed by atoms with E-state index >= 15 is 0 Å². The van der Waals surface area contributed by atoms with Crippen LogP contribution >= 0.6 is 11.6 Å². The van der Waals surface area contributed by atoms with Crippen LogP contribution in [0.3, 0.4) is 0 Å². The van der Waals surface area contributed by atoms with Crippen LogP contribution in [0.25, 0.3) is 10.9 Å². The molecule has 4 nitrogen and oxygen atoms in total. The first kappa shape index (κ1) is 21.8. The van der Waals surface area contributed by atoms with E-state index in [2.05, 4.69) is 40.2 Å². The van der Waals surface area contributed by atoms with Crippen molar-refractivity contribution in [2.75, 3.05) is 0 Å². The monoisotopic (exact) mass is 443 g/mol. The third-order valence-corrected chi connectivity index (χ3v) is 6.17. The molecule has 0 fully saturated rings. The van der Waals surface area contributed by atoms with Gasteiger partial charge in [0.1, 0.15) is 0 Å². The first-order valence-electron chi connectivity index (χ1n) is 10.6. The Labute approximate surface area is 193 Å². The summed E-state index contributed by atoms with van der Waals surface area (Å²) in [4.78, 5) is 12.4. The average molecular weight is 444 g/mol. The fourth-order valence-electron chi connectivity index (χ4n) is 4.05. The number of nitrogens with one attached hydrogen (secondary N) is 1. The van der Waals surface area contributed by atoms with Gasteiger partial charge in [0.2, 0.25) is 5.91 Å². The minimum atomic E-state index is -0.134. The Kier molecular flexibility index (Phi) is 6.42. The van der Waals surface area contributed by atoms with E-state index < -0.39 is 0 Å². The first-order valence-corrected chi connectivity index (χ1v) is 11.0. The molecule has 0 radical (unpaired) electrons. The predicted octanol–water partition coefficient (Wildman–Crippen LogP) is 5.96. The quantitative estimate of drug-likeness (QED) is 0.290. The van der Waals surface area contributed by atoms with Crippen molar-refractivity contribution in [1.82, 2.24) is 9.99 Å². The van der Waals surface area contributed by atoms with E-state index in [9.17, 15) is 4.79 Å². The lowest BCUT2D eigenvalue weighted by molar-refractivity contribution is -0.120. The Hall–Kier alpha value is -3.37. The number of hydrogen-bond acceptors (Lipinski definition) is 2. The predicted molar refractivity (Wildman–Crippen MR) is 133 cm³/mol. The molecule has 5 heteroatoms. The van der Waals surface area contributed by atoms with Crippen LogP contribution < -0.4 is 5.43 Å². The van der Waals surface area contributed by atoms with Gasteiger partial charge in [0, 0.05) is 33.7 Å². The second-order valence-electron chi connectivity index (χ2n) is 8.09. The van der Waals surface area contributed by atoms with Gasteiger partial charge in [0.05, 0.1) is 12.6 Å². The molecule has 162 valence electrons. The molecule has 0 atom stereocenters. The highest BCUT2D eigenvalue weighted by Crippen LogP contribution is 2.27. The van der Waals surface area contributed by atoms with Crippen LogP contribution in [0, 0.1) is 20.8 Å². The van der Waals surface area contributed by atoms with E-state index in [1.54, 1.807) is 6.21 Å². The van der Waals surface area contributed by atoms with Crippen LogP contribution in [-0.2, 0) is 17.8 Å². The molecule has 1 N–H and O–H groups in total. The Bertz CT molecular complexity index is 1320. The summed E-state index contributed by atoms with van der Waals surface area (Å²) in [5.74, 6) is -0.134. The van der Waals surface area contributed by atoms with E-state index in [4.69, 9.17) is 11.6 Å². The number of nitrogens with zero attached hydrogens (tertiary/aromatic N) is 2. The van der Waals surface area contributed by atoms with E-state index in [0.29, 0.717) is 13.0 Å². The molecular weight excluding hydrogens is 418 g/mol. The molecule has 0 saturated carbocycles. The van der Waals surface area contributed by atoms with Crippen molar-refractivity contribution >= 4 is 34.6 Å². The third kappa shape index (κ3) is 4.61. The van der Waals surface area contributed by atoms with Crippen LogP contribution in [0.2, 0.25) is 5.02 Å². The normalized spacial score (nSPS) is 11.4. The van der Waals surface area contributed by atoms with E-state index in [1.165, 1.54) is 5.56 Å². The summed E-state index contributed by atoms with van der Waals surface area (Å²) in [5.41, 5.74) is 10.2. The number of aromatic nitrogens is 1. The van der Waals surface area contributed by atoms with E-state index in [-0.39, 0.29) is 5.91 Å². The summed E-state index contributed by atoms with van der Waals surface area (Å²) in [7, 11) is 0. The summed E-state index contributed by atoms with van der Waals surface area (Å²) >= 11 is 6.40. The van der Waals surface area contributed by atoms with E-state index in [1.807, 2.05) is 62.4 Å². The van der Waals surface area contributed by atoms with Gasteiger partial charge in [-0.2, -0.15) is 5.10 Å². The fourth-order valence-corrected chi connectivity index (χ4v) is 4.24. The molecule has 4 aromatic rings. The Morgan fingerprint density at radius 1 is 1.00 bits per heavy atom. The third-order valence-electron chi connectivity index (χ3n) is 5.80. The van der Waals surface area contributed by atoms with Crippen LogP contribution in [-0.4, -0.2) is 16.7 Å². The minimum absolute atomic E-state index is 0.134. The average Bonchev–Trinajstić information content (AvgIpc) is 3.03. The van der Waals surface area contributed by atoms with Gasteiger partial charge in [-0.3, -0.25) is 4.79 Å². The number of aryl methyl sites for hydroxylation is 2. The maximum Gasteiger partial charge on any atom is 0.244 e. The van der Waals surface area contributed by atoms with Crippen molar-refractivity contribution in [2.24, 2.45) is 5.10 Å². The van der Waals surface area contributed by atoms with Gasteiger partial charge in [-0.05, 0) is 49.6 Å². The smallest absolute Gasteiger partial charge is 0.244 e. The first-order chi connectivity index (χ1) is 15.4.